The number of aryl methyl sites for hydroxylation is 1. The summed E-state index contributed by atoms with van der Waals surface area (Å²) in [5.74, 6) is -1.95. The van der Waals surface area contributed by atoms with Crippen LogP contribution >= 0.6 is 31.1 Å². The summed E-state index contributed by atoms with van der Waals surface area (Å²) in [7, 11) is -21.3. The van der Waals surface area contributed by atoms with Crippen molar-refractivity contribution in [2.24, 2.45) is 13.0 Å². The van der Waals surface area contributed by atoms with Crippen LogP contribution in [0.2, 0.25) is 0 Å². The predicted molar refractivity (Wildman–Crippen MR) is 269 cm³/mol. The number of aliphatic hydroxyl groups excluding tert-OH is 3. The number of methoxy groups -OCH3 is 1. The highest BCUT2D eigenvalue weighted by atomic mass is 31.3. The van der Waals surface area contributed by atoms with Crippen LogP contribution in [0.5, 0.6) is 0 Å². The third kappa shape index (κ3) is 12.5. The fourth-order valence-corrected chi connectivity index (χ4v) is 14.7. The molecule has 450 valence electrons. The Morgan fingerprint density at radius 1 is 0.780 bits per heavy atom. The largest absolute Gasteiger partial charge is 0.778 e. The molecule has 6 aromatic heterocycles. The highest BCUT2D eigenvalue weighted by Crippen LogP contribution is 2.68. The number of H-pyrrole nitrogens is 2. The third-order valence-electron chi connectivity index (χ3n) is 13.2. The number of hydrogen-bond acceptors (Lipinski definition) is 29. The van der Waals surface area contributed by atoms with Crippen LogP contribution in [-0.2, 0) is 66.4 Å². The van der Waals surface area contributed by atoms with Gasteiger partial charge in [0.05, 0.1) is 57.4 Å². The first-order valence-corrected chi connectivity index (χ1v) is 30.3. The fourth-order valence-electron chi connectivity index (χ4n) is 9.47. The van der Waals surface area contributed by atoms with Crippen molar-refractivity contribution >= 4 is 88.3 Å². The van der Waals surface area contributed by atoms with Gasteiger partial charge in [0.15, 0.2) is 41.4 Å². The summed E-state index contributed by atoms with van der Waals surface area (Å²) in [6.07, 6.45) is -10.7. The van der Waals surface area contributed by atoms with Crippen LogP contribution in [0.1, 0.15) is 38.4 Å². The number of ether oxygens (including phenoxy) is 4. The molecule has 9 rings (SSSR count). The zero-order valence-corrected chi connectivity index (χ0v) is 46.4. The molecule has 40 nitrogen and oxygen atoms in total. The van der Waals surface area contributed by atoms with Crippen molar-refractivity contribution in [2.75, 3.05) is 57.2 Å². The Labute approximate surface area is 458 Å². The maximum Gasteiger partial charge on any atom is 0.490 e. The average molecular weight is 1240 g/mol. The number of phosphoric acid groups is 3. The number of aromatic nitrogens is 12. The first kappa shape index (κ1) is 60.8. The summed E-state index contributed by atoms with van der Waals surface area (Å²) < 4.78 is 106. The number of aromatic amines is 2. The van der Waals surface area contributed by atoms with Gasteiger partial charge in [-0.25, -0.2) is 43.0 Å². The van der Waals surface area contributed by atoms with Crippen molar-refractivity contribution in [1.29, 1.82) is 0 Å². The van der Waals surface area contributed by atoms with E-state index >= 15 is 0 Å². The molecule has 0 aliphatic carbocycles. The molecular weight excluding hydrogens is 1190 g/mol. The molecule has 16 atom stereocenters. The van der Waals surface area contributed by atoms with Crippen molar-refractivity contribution in [1.82, 2.24) is 64.2 Å². The van der Waals surface area contributed by atoms with Gasteiger partial charge >= 0.3 is 35.1 Å². The number of fused-ring (bicyclic) bond motifs is 3. The molecule has 0 spiro atoms. The van der Waals surface area contributed by atoms with Gasteiger partial charge in [-0.15, -0.1) is 0 Å². The van der Waals surface area contributed by atoms with E-state index in [0.717, 1.165) is 41.6 Å². The minimum atomic E-state index is -6.27. The molecule has 6 aromatic rings. The van der Waals surface area contributed by atoms with Crippen LogP contribution in [0.4, 0.5) is 22.5 Å². The van der Waals surface area contributed by atoms with Crippen molar-refractivity contribution < 1.29 is 104 Å². The summed E-state index contributed by atoms with van der Waals surface area (Å²) in [6.45, 7) is -1.64. The van der Waals surface area contributed by atoms with E-state index < -0.39 is 141 Å². The van der Waals surface area contributed by atoms with Gasteiger partial charge in [-0.05, 0) is 6.42 Å². The molecular formula is C38H55N17O23P4. The van der Waals surface area contributed by atoms with E-state index in [9.17, 15) is 67.5 Å². The lowest BCUT2D eigenvalue weighted by Crippen LogP contribution is -2.47. The molecule has 3 saturated heterocycles. The van der Waals surface area contributed by atoms with Gasteiger partial charge in [-0.2, -0.15) is 13.6 Å². The standard InChI is InChI=1S/C38H55N17O23P4/c1-4-5-6-42-38(61)43-7-15-16(74-33(22(15)56)55-14-52(2)21-30(55)49-37(41)51-32(21)60)8-72-80(64,65)77-82(68,69)78-81(66,67)73-10-18-26(25(70-3)35(76-18)53-12-46-19-27(39)44-11-45-28(19)53)79(62,63)71-9-17-23(57)24(58)34(75-17)54-13-47-20-29(54)48-36(40)50-31(20)59/h11-18,22-26,33-35,56-58H,4-10H2,1-3H3,(H13-,39,40,41,42,43,44,45,48,49,50,51,59,60,61,62,63,64,65,66,67,68,69)/t15-,16-,17-,18-,22-,23-,24-,25-,26-,33-,34-,35-/m1/s1. The molecule has 4 unspecified atom stereocenters. The Morgan fingerprint density at radius 2 is 1.40 bits per heavy atom. The number of carbonyl (C=O) groups is 1. The molecule has 0 radical (unpaired) electrons. The number of nitrogen functional groups attached to an aromatic ring is 3. The van der Waals surface area contributed by atoms with Gasteiger partial charge in [0, 0.05) is 26.1 Å². The molecule has 0 saturated carbocycles. The second kappa shape index (κ2) is 23.7. The number of urea groups is 1. The van der Waals surface area contributed by atoms with Crippen molar-refractivity contribution in [3.63, 3.8) is 0 Å². The summed E-state index contributed by atoms with van der Waals surface area (Å²) in [5, 5.41) is 38.7. The number of rotatable bonds is 23. The van der Waals surface area contributed by atoms with E-state index in [0.29, 0.717) is 13.0 Å². The Bertz CT molecular complexity index is 3680. The highest BCUT2D eigenvalue weighted by Gasteiger charge is 2.55. The van der Waals surface area contributed by atoms with Crippen molar-refractivity contribution in [2.45, 2.75) is 86.8 Å². The number of hydrogen-bond donors (Lipinski definition) is 13. The maximum absolute atomic E-state index is 14.4. The van der Waals surface area contributed by atoms with Crippen LogP contribution < -0.4 is 48.4 Å². The summed E-state index contributed by atoms with van der Waals surface area (Å²) in [4.78, 5) is 113. The van der Waals surface area contributed by atoms with Gasteiger partial charge in [0.2, 0.25) is 17.7 Å². The molecule has 82 heavy (non-hydrogen) atoms. The van der Waals surface area contributed by atoms with Crippen LogP contribution in [-0.4, -0.2) is 178 Å². The summed E-state index contributed by atoms with van der Waals surface area (Å²) >= 11 is 0. The second-order valence-corrected chi connectivity index (χ2v) is 25.2. The molecule has 44 heteroatoms. The topological polar surface area (TPSA) is 577 Å². The molecule has 16 N–H and O–H groups in total. The quantitative estimate of drug-likeness (QED) is 0.0166. The fraction of sp³-hybridized carbons (Fsp3) is 0.579. The molecule has 0 aromatic carbocycles. The monoisotopic (exact) mass is 1240 g/mol. The van der Waals surface area contributed by atoms with E-state index in [1.54, 1.807) is 0 Å². The minimum absolute atomic E-state index is 0.00754. The first-order valence-electron chi connectivity index (χ1n) is 24.2. The van der Waals surface area contributed by atoms with E-state index in [2.05, 4.69) is 59.1 Å². The van der Waals surface area contributed by atoms with E-state index in [1.807, 2.05) is 6.92 Å². The first-order chi connectivity index (χ1) is 38.6. The molecule has 3 aliphatic heterocycles. The van der Waals surface area contributed by atoms with Gasteiger partial charge < -0.3 is 90.8 Å². The number of nitrogens with two attached hydrogens (primary N) is 3. The van der Waals surface area contributed by atoms with Crippen molar-refractivity contribution in [3.8, 4) is 0 Å². The third-order valence-corrected chi connectivity index (χ3v) is 19.3. The lowest BCUT2D eigenvalue weighted by Gasteiger charge is -2.35. The van der Waals surface area contributed by atoms with E-state index in [4.69, 9.17) is 49.7 Å². The Kier molecular flexibility index (Phi) is 17.6. The number of carbonyl (C=O) groups excluding carboxylic acids is 1. The van der Waals surface area contributed by atoms with Crippen molar-refractivity contribution in [3.05, 3.63) is 46.0 Å². The number of anilines is 3. The number of imidazole rings is 3. The molecule has 3 aliphatic rings. The second-order valence-electron chi connectivity index (χ2n) is 18.6. The van der Waals surface area contributed by atoms with Crippen LogP contribution in [0.3, 0.4) is 0 Å². The Morgan fingerprint density at radius 3 is 2.09 bits per heavy atom. The van der Waals surface area contributed by atoms with E-state index in [-0.39, 0.29) is 57.8 Å². The summed E-state index contributed by atoms with van der Waals surface area (Å²) in [5.41, 5.74) is 13.4. The lowest BCUT2D eigenvalue weighted by atomic mass is 9.98. The molecule has 2 amide bonds. The van der Waals surface area contributed by atoms with E-state index in [1.165, 1.54) is 22.5 Å². The molecule has 0 bridgehead atoms. The van der Waals surface area contributed by atoms with Crippen LogP contribution in [0.15, 0.2) is 34.9 Å². The summed E-state index contributed by atoms with van der Waals surface area (Å²) in [6, 6.07) is -0.664. The smallest absolute Gasteiger partial charge is 0.490 e. The van der Waals surface area contributed by atoms with Gasteiger partial charge in [-0.3, -0.25) is 42.3 Å². The predicted octanol–water partition coefficient (Wildman–Crippen LogP) is -3.92. The SMILES string of the molecule is CCCCNC(=O)NC[C@H]1[C@@H](O)[C@H]([n+]2cn(C)c3c(=O)[nH]c(N)nc32)O[C@@H]1COP(=O)(O)OP(=O)(O)OP(=O)(O)OC[C@H]1O[C@@H](n2cnc3c(N)ncnc32)[C@H](OC)[C@@H]1P(=O)([O-])OC[C@H]1O[C@@H](n2cnc3c(=O)[nH]c(N)nc32)[C@H](O)[C@@H]1O. The zero-order chi connectivity index (χ0) is 59.4. The average Bonchev–Trinajstić information content (AvgIpc) is 4.39. The minimum Gasteiger partial charge on any atom is -0.778 e. The number of nitrogens with zero attached hydrogens (tertiary/aromatic N) is 10. The van der Waals surface area contributed by atoms with Crippen LogP contribution in [0.25, 0.3) is 33.5 Å². The molecule has 9 heterocycles. The number of amides is 2. The Balaban J connectivity index is 0.891. The Hall–Kier alpha value is -5.80. The number of phosphoric ester groups is 2. The van der Waals surface area contributed by atoms with Crippen LogP contribution in [0, 0.1) is 5.92 Å². The van der Waals surface area contributed by atoms with Gasteiger partial charge in [0.1, 0.15) is 50.0 Å². The normalized spacial score (nSPS) is 28.8. The maximum atomic E-state index is 14.4. The molecule has 3 fully saturated rings. The van der Waals surface area contributed by atoms with Gasteiger partial charge in [-0.1, -0.05) is 18.3 Å². The number of aliphatic hydroxyl groups is 3. The lowest BCUT2D eigenvalue weighted by molar-refractivity contribution is -0.745. The number of nitrogens with one attached hydrogen (secondary N) is 4. The number of unbranched alkanes of at least 4 members (excludes halogenated alkanes) is 1. The highest BCUT2D eigenvalue weighted by molar-refractivity contribution is 7.66. The zero-order valence-electron chi connectivity index (χ0n) is 42.8. The van der Waals surface area contributed by atoms with Gasteiger partial charge in [0.25, 0.3) is 17.1 Å².